The molecule has 0 radical (unpaired) electrons. The van der Waals surface area contributed by atoms with Crippen molar-refractivity contribution in [1.29, 1.82) is 0 Å². The van der Waals surface area contributed by atoms with Gasteiger partial charge in [-0.25, -0.2) is 4.98 Å². The number of hydrogen-bond acceptors (Lipinski definition) is 3. The number of pyridine rings is 1. The van der Waals surface area contributed by atoms with E-state index < -0.39 is 0 Å². The van der Waals surface area contributed by atoms with E-state index in [1.165, 1.54) is 11.3 Å². The Morgan fingerprint density at radius 2 is 1.78 bits per heavy atom. The molecule has 0 spiro atoms. The molecular weight excluding hydrogens is 306 g/mol. The van der Waals surface area contributed by atoms with Crippen LogP contribution < -0.4 is 5.32 Å². The standard InChI is InChI=1S/C18H13N3OS/c22-17(20-13-7-2-1-3-8-13)16-15(21-11-4-5-12-21)14-9-6-10-19-18(14)23-16/h1-12H,(H,20,22). The van der Waals surface area contributed by atoms with E-state index >= 15 is 0 Å². The van der Waals surface area contributed by atoms with Gasteiger partial charge in [-0.15, -0.1) is 11.3 Å². The Hall–Kier alpha value is -2.92. The van der Waals surface area contributed by atoms with E-state index in [9.17, 15) is 4.79 Å². The van der Waals surface area contributed by atoms with E-state index in [-0.39, 0.29) is 5.91 Å². The fourth-order valence-electron chi connectivity index (χ4n) is 2.52. The first kappa shape index (κ1) is 13.7. The van der Waals surface area contributed by atoms with Crippen LogP contribution in [0.2, 0.25) is 0 Å². The third-order valence-electron chi connectivity index (χ3n) is 3.54. The Morgan fingerprint density at radius 3 is 2.57 bits per heavy atom. The summed E-state index contributed by atoms with van der Waals surface area (Å²) in [6, 6.07) is 17.2. The average molecular weight is 319 g/mol. The highest BCUT2D eigenvalue weighted by Crippen LogP contribution is 2.33. The number of fused-ring (bicyclic) bond motifs is 1. The van der Waals surface area contributed by atoms with Crippen LogP contribution in [0.5, 0.6) is 0 Å². The predicted octanol–water partition coefficient (Wildman–Crippen LogP) is 4.34. The molecule has 3 heterocycles. The molecule has 1 N–H and O–H groups in total. The van der Waals surface area contributed by atoms with Gasteiger partial charge in [0.15, 0.2) is 0 Å². The third-order valence-corrected chi connectivity index (χ3v) is 4.64. The molecule has 0 unspecified atom stereocenters. The number of nitrogens with one attached hydrogen (secondary N) is 1. The van der Waals surface area contributed by atoms with Crippen LogP contribution in [-0.4, -0.2) is 15.5 Å². The maximum atomic E-state index is 12.8. The second kappa shape index (κ2) is 5.70. The van der Waals surface area contributed by atoms with Crippen molar-refractivity contribution < 1.29 is 4.79 Å². The fraction of sp³-hybridized carbons (Fsp3) is 0. The molecule has 112 valence electrons. The summed E-state index contributed by atoms with van der Waals surface area (Å²) in [6.45, 7) is 0. The van der Waals surface area contributed by atoms with Gasteiger partial charge >= 0.3 is 0 Å². The highest BCUT2D eigenvalue weighted by molar-refractivity contribution is 7.21. The Labute approximate surface area is 137 Å². The number of thiophene rings is 1. The molecule has 3 aromatic heterocycles. The predicted molar refractivity (Wildman–Crippen MR) is 93.3 cm³/mol. The average Bonchev–Trinajstić information content (AvgIpc) is 3.22. The Bertz CT molecular complexity index is 959. The molecule has 4 rings (SSSR count). The van der Waals surface area contributed by atoms with E-state index in [0.29, 0.717) is 4.88 Å². The normalized spacial score (nSPS) is 10.8. The second-order valence-corrected chi connectivity index (χ2v) is 6.05. The maximum Gasteiger partial charge on any atom is 0.267 e. The Kier molecular flexibility index (Phi) is 3.40. The van der Waals surface area contributed by atoms with Crippen molar-refractivity contribution >= 4 is 33.1 Å². The molecule has 0 aliphatic carbocycles. The summed E-state index contributed by atoms with van der Waals surface area (Å²) < 4.78 is 1.96. The summed E-state index contributed by atoms with van der Waals surface area (Å²) in [6.07, 6.45) is 5.62. The maximum absolute atomic E-state index is 12.8. The second-order valence-electron chi connectivity index (χ2n) is 5.05. The van der Waals surface area contributed by atoms with Gasteiger partial charge in [0.05, 0.1) is 5.69 Å². The molecule has 0 fully saturated rings. The highest BCUT2D eigenvalue weighted by Gasteiger charge is 2.20. The molecule has 5 heteroatoms. The molecule has 0 aliphatic rings. The Balaban J connectivity index is 1.83. The van der Waals surface area contributed by atoms with Gasteiger partial charge in [0.1, 0.15) is 9.71 Å². The van der Waals surface area contributed by atoms with Crippen LogP contribution in [0.15, 0.2) is 73.2 Å². The van der Waals surface area contributed by atoms with Gasteiger partial charge in [-0.3, -0.25) is 4.79 Å². The Morgan fingerprint density at radius 1 is 1.00 bits per heavy atom. The zero-order valence-electron chi connectivity index (χ0n) is 12.1. The van der Waals surface area contributed by atoms with Crippen molar-refractivity contribution in [2.24, 2.45) is 0 Å². The first-order valence-electron chi connectivity index (χ1n) is 7.20. The van der Waals surface area contributed by atoms with Gasteiger partial charge < -0.3 is 9.88 Å². The lowest BCUT2D eigenvalue weighted by Gasteiger charge is -2.07. The fourth-order valence-corrected chi connectivity index (χ4v) is 3.56. The van der Waals surface area contributed by atoms with Crippen molar-refractivity contribution in [2.75, 3.05) is 5.32 Å². The summed E-state index contributed by atoms with van der Waals surface area (Å²) in [7, 11) is 0. The minimum absolute atomic E-state index is 0.122. The van der Waals surface area contributed by atoms with Crippen molar-refractivity contribution in [2.45, 2.75) is 0 Å². The summed E-state index contributed by atoms with van der Waals surface area (Å²) in [4.78, 5) is 18.7. The van der Waals surface area contributed by atoms with Crippen LogP contribution >= 0.6 is 11.3 Å². The number of benzene rings is 1. The SMILES string of the molecule is O=C(Nc1ccccc1)c1sc2ncccc2c1-n1cccc1. The number of carbonyl (C=O) groups excluding carboxylic acids is 1. The van der Waals surface area contributed by atoms with Crippen LogP contribution in [0.4, 0.5) is 5.69 Å². The van der Waals surface area contributed by atoms with Crippen molar-refractivity contribution in [3.05, 3.63) is 78.1 Å². The number of para-hydroxylation sites is 1. The van der Waals surface area contributed by atoms with E-state index in [1.807, 2.05) is 71.6 Å². The zero-order valence-corrected chi connectivity index (χ0v) is 13.0. The topological polar surface area (TPSA) is 46.9 Å². The van der Waals surface area contributed by atoms with Crippen molar-refractivity contribution in [3.8, 4) is 5.69 Å². The molecule has 0 saturated carbocycles. The number of hydrogen-bond donors (Lipinski definition) is 1. The van der Waals surface area contributed by atoms with Crippen LogP contribution in [-0.2, 0) is 0 Å². The van der Waals surface area contributed by atoms with Crippen LogP contribution in [0.25, 0.3) is 15.9 Å². The largest absolute Gasteiger partial charge is 0.322 e. The minimum atomic E-state index is -0.122. The lowest BCUT2D eigenvalue weighted by Crippen LogP contribution is -2.12. The van der Waals surface area contributed by atoms with Gasteiger partial charge in [-0.05, 0) is 36.4 Å². The monoisotopic (exact) mass is 319 g/mol. The number of rotatable bonds is 3. The number of aromatic nitrogens is 2. The number of amides is 1. The molecule has 0 bridgehead atoms. The molecule has 1 aromatic carbocycles. The summed E-state index contributed by atoms with van der Waals surface area (Å²) >= 11 is 1.41. The van der Waals surface area contributed by atoms with Crippen LogP contribution in [0, 0.1) is 0 Å². The first-order chi connectivity index (χ1) is 11.3. The zero-order chi connectivity index (χ0) is 15.6. The van der Waals surface area contributed by atoms with Gasteiger partial charge in [0.25, 0.3) is 5.91 Å². The smallest absolute Gasteiger partial charge is 0.267 e. The number of carbonyl (C=O) groups is 1. The first-order valence-corrected chi connectivity index (χ1v) is 8.02. The molecule has 4 nitrogen and oxygen atoms in total. The van der Waals surface area contributed by atoms with Crippen molar-refractivity contribution in [3.63, 3.8) is 0 Å². The van der Waals surface area contributed by atoms with E-state index in [2.05, 4.69) is 10.3 Å². The van der Waals surface area contributed by atoms with Gasteiger partial charge in [-0.2, -0.15) is 0 Å². The van der Waals surface area contributed by atoms with Crippen LogP contribution in [0.3, 0.4) is 0 Å². The van der Waals surface area contributed by atoms with E-state index in [1.54, 1.807) is 6.20 Å². The molecule has 23 heavy (non-hydrogen) atoms. The molecule has 1 amide bonds. The highest BCUT2D eigenvalue weighted by atomic mass is 32.1. The minimum Gasteiger partial charge on any atom is -0.322 e. The lowest BCUT2D eigenvalue weighted by atomic mass is 10.2. The van der Waals surface area contributed by atoms with E-state index in [0.717, 1.165) is 21.6 Å². The number of anilines is 1. The van der Waals surface area contributed by atoms with Gasteiger partial charge in [-0.1, -0.05) is 18.2 Å². The third kappa shape index (κ3) is 2.51. The molecular formula is C18H13N3OS. The van der Waals surface area contributed by atoms with Crippen LogP contribution in [0.1, 0.15) is 9.67 Å². The summed E-state index contributed by atoms with van der Waals surface area (Å²) in [5, 5.41) is 3.93. The quantitative estimate of drug-likeness (QED) is 0.610. The summed E-state index contributed by atoms with van der Waals surface area (Å²) in [5.74, 6) is -0.122. The molecule has 0 saturated heterocycles. The van der Waals surface area contributed by atoms with E-state index in [4.69, 9.17) is 0 Å². The number of nitrogens with zero attached hydrogens (tertiary/aromatic N) is 2. The van der Waals surface area contributed by atoms with Crippen molar-refractivity contribution in [1.82, 2.24) is 9.55 Å². The van der Waals surface area contributed by atoms with Gasteiger partial charge in [0.2, 0.25) is 0 Å². The lowest BCUT2D eigenvalue weighted by molar-refractivity contribution is 0.103. The molecule has 0 aliphatic heterocycles. The summed E-state index contributed by atoms with van der Waals surface area (Å²) in [5.41, 5.74) is 1.65. The van der Waals surface area contributed by atoms with Gasteiger partial charge in [0, 0.05) is 29.7 Å². The molecule has 4 aromatic rings. The molecule has 0 atom stereocenters.